The smallest absolute Gasteiger partial charge is 0.244 e. The van der Waals surface area contributed by atoms with Gasteiger partial charge in [-0.25, -0.2) is 5.43 Å². The number of fused-ring (bicyclic) bond motifs is 1. The minimum absolute atomic E-state index is 0.00404. The second-order valence-corrected chi connectivity index (χ2v) is 9.01. The van der Waals surface area contributed by atoms with E-state index in [1.807, 2.05) is 0 Å². The van der Waals surface area contributed by atoms with E-state index in [-0.39, 0.29) is 17.2 Å². The lowest BCUT2D eigenvalue weighted by atomic mass is 9.95. The first-order chi connectivity index (χ1) is 15.1. The number of hydrazone groups is 1. The summed E-state index contributed by atoms with van der Waals surface area (Å²) >= 11 is 0. The van der Waals surface area contributed by atoms with E-state index in [0.29, 0.717) is 0 Å². The van der Waals surface area contributed by atoms with Crippen molar-refractivity contribution in [1.29, 1.82) is 0 Å². The summed E-state index contributed by atoms with van der Waals surface area (Å²) in [7, 11) is 0. The first kappa shape index (κ1) is 20.2. The van der Waals surface area contributed by atoms with Crippen molar-refractivity contribution in [2.24, 2.45) is 11.0 Å². The predicted molar refractivity (Wildman–Crippen MR) is 123 cm³/mol. The van der Waals surface area contributed by atoms with Crippen LogP contribution in [0.5, 0.6) is 0 Å². The number of anilines is 1. The first-order valence-corrected chi connectivity index (χ1v) is 11.2. The zero-order valence-corrected chi connectivity index (χ0v) is 18.1. The zero-order chi connectivity index (χ0) is 21.3. The predicted octanol–water partition coefficient (Wildman–Crippen LogP) is 2.60. The Kier molecular flexibility index (Phi) is 5.50. The first-order valence-electron chi connectivity index (χ1n) is 11.2. The van der Waals surface area contributed by atoms with Gasteiger partial charge in [0.05, 0.1) is 25.3 Å². The second-order valence-electron chi connectivity index (χ2n) is 9.01. The van der Waals surface area contributed by atoms with Gasteiger partial charge in [-0.2, -0.15) is 5.10 Å². The third-order valence-electron chi connectivity index (χ3n) is 6.96. The Morgan fingerprint density at radius 3 is 2.81 bits per heavy atom. The number of carbonyl (C=O) groups excluding carboxylic acids is 1. The number of nitrogens with zero attached hydrogens (tertiary/aromatic N) is 2. The normalized spacial score (nSPS) is 25.3. The number of amides is 1. The summed E-state index contributed by atoms with van der Waals surface area (Å²) in [5.41, 5.74) is 8.81. The third-order valence-corrected chi connectivity index (χ3v) is 6.96. The van der Waals surface area contributed by atoms with Crippen LogP contribution in [0.25, 0.3) is 0 Å². The number of morpholine rings is 1. The molecule has 0 aromatic heterocycles. The molecule has 31 heavy (non-hydrogen) atoms. The number of rotatable bonds is 5. The summed E-state index contributed by atoms with van der Waals surface area (Å²) in [5, 5.41) is 7.61. The highest BCUT2D eigenvalue weighted by Crippen LogP contribution is 2.54. The Bertz CT molecular complexity index is 982. The molecular weight excluding hydrogens is 388 g/mol. The lowest BCUT2D eigenvalue weighted by Crippen LogP contribution is -2.36. The highest BCUT2D eigenvalue weighted by molar-refractivity contribution is 5.86. The molecular formula is C25H30N4O2. The molecule has 2 heterocycles. The molecule has 2 aromatic rings. The molecule has 5 rings (SSSR count). The average molecular weight is 419 g/mol. The molecule has 2 aliphatic heterocycles. The van der Waals surface area contributed by atoms with E-state index in [4.69, 9.17) is 4.74 Å². The fourth-order valence-corrected chi connectivity index (χ4v) is 4.77. The van der Waals surface area contributed by atoms with Crippen molar-refractivity contribution in [1.82, 2.24) is 10.7 Å². The molecule has 6 heteroatoms. The highest BCUT2D eigenvalue weighted by Gasteiger charge is 2.55. The quantitative estimate of drug-likeness (QED) is 0.579. The number of ether oxygens (including phenoxy) is 1. The van der Waals surface area contributed by atoms with Gasteiger partial charge in [0.25, 0.3) is 0 Å². The SMILES string of the molecule is CC1(c2ccc(N3CCOCC3)cc2)CC1C(=O)N/N=C/c1ccc2c(c1)CNCC2. The number of carbonyl (C=O) groups is 1. The number of hydrogen-bond donors (Lipinski definition) is 2. The molecule has 2 fully saturated rings. The van der Waals surface area contributed by atoms with Crippen molar-refractivity contribution >= 4 is 17.8 Å². The van der Waals surface area contributed by atoms with Crippen LogP contribution in [-0.4, -0.2) is 45.0 Å². The Hall–Kier alpha value is -2.70. The van der Waals surface area contributed by atoms with Gasteiger partial charge in [-0.15, -0.1) is 0 Å². The van der Waals surface area contributed by atoms with Crippen LogP contribution in [0.2, 0.25) is 0 Å². The monoisotopic (exact) mass is 418 g/mol. The van der Waals surface area contributed by atoms with E-state index in [1.54, 1.807) is 6.21 Å². The fourth-order valence-electron chi connectivity index (χ4n) is 4.77. The van der Waals surface area contributed by atoms with Crippen molar-refractivity contribution in [3.63, 3.8) is 0 Å². The van der Waals surface area contributed by atoms with E-state index >= 15 is 0 Å². The van der Waals surface area contributed by atoms with E-state index in [0.717, 1.165) is 57.8 Å². The average Bonchev–Trinajstić information content (AvgIpc) is 3.52. The molecule has 6 nitrogen and oxygen atoms in total. The lowest BCUT2D eigenvalue weighted by Gasteiger charge is -2.29. The highest BCUT2D eigenvalue weighted by atomic mass is 16.5. The summed E-state index contributed by atoms with van der Waals surface area (Å²) in [4.78, 5) is 15.0. The minimum atomic E-state index is -0.110. The van der Waals surface area contributed by atoms with Crippen LogP contribution in [0.15, 0.2) is 47.6 Å². The maximum absolute atomic E-state index is 12.7. The van der Waals surface area contributed by atoms with Crippen molar-refractivity contribution < 1.29 is 9.53 Å². The van der Waals surface area contributed by atoms with Crippen molar-refractivity contribution in [2.75, 3.05) is 37.7 Å². The second kappa shape index (κ2) is 8.44. The van der Waals surface area contributed by atoms with Gasteiger partial charge in [-0.3, -0.25) is 4.79 Å². The number of nitrogens with one attached hydrogen (secondary N) is 2. The number of hydrogen-bond acceptors (Lipinski definition) is 5. The maximum atomic E-state index is 12.7. The van der Waals surface area contributed by atoms with Crippen molar-refractivity contribution in [3.8, 4) is 0 Å². The molecule has 2 N–H and O–H groups in total. The van der Waals surface area contributed by atoms with Gasteiger partial charge >= 0.3 is 0 Å². The van der Waals surface area contributed by atoms with Gasteiger partial charge in [0.15, 0.2) is 0 Å². The summed E-state index contributed by atoms with van der Waals surface area (Å²) in [6, 6.07) is 15.1. The van der Waals surface area contributed by atoms with Crippen LogP contribution in [0.4, 0.5) is 5.69 Å². The van der Waals surface area contributed by atoms with E-state index in [9.17, 15) is 4.79 Å². The minimum Gasteiger partial charge on any atom is -0.378 e. The van der Waals surface area contributed by atoms with Crippen molar-refractivity contribution in [2.45, 2.75) is 31.7 Å². The topological polar surface area (TPSA) is 66.0 Å². The Balaban J connectivity index is 1.18. The standard InChI is InChI=1S/C25H30N4O2/c1-25(21-4-6-22(7-5-21)29-10-12-31-13-11-29)15-23(25)24(30)28-27-16-18-2-3-19-8-9-26-17-20(19)14-18/h2-7,14,16,23,26H,8-13,15,17H2,1H3,(H,28,30)/b27-16+. The molecule has 1 saturated heterocycles. The largest absolute Gasteiger partial charge is 0.378 e. The molecule has 2 atom stereocenters. The van der Waals surface area contributed by atoms with Crippen LogP contribution in [-0.2, 0) is 27.9 Å². The molecule has 3 aliphatic rings. The van der Waals surface area contributed by atoms with Crippen LogP contribution in [0.1, 0.15) is 35.6 Å². The van der Waals surface area contributed by atoms with Gasteiger partial charge in [0, 0.05) is 30.7 Å². The number of benzene rings is 2. The van der Waals surface area contributed by atoms with E-state index in [1.165, 1.54) is 22.4 Å². The molecule has 2 aromatic carbocycles. The van der Waals surface area contributed by atoms with Gasteiger partial charge in [-0.1, -0.05) is 31.2 Å². The molecule has 1 saturated carbocycles. The zero-order valence-electron chi connectivity index (χ0n) is 18.1. The molecule has 0 spiro atoms. The molecule has 1 aliphatic carbocycles. The maximum Gasteiger partial charge on any atom is 0.244 e. The summed E-state index contributed by atoms with van der Waals surface area (Å²) in [6.07, 6.45) is 3.66. The molecule has 0 radical (unpaired) electrons. The summed E-state index contributed by atoms with van der Waals surface area (Å²) in [6.45, 7) is 7.53. The molecule has 162 valence electrons. The van der Waals surface area contributed by atoms with Gasteiger partial charge < -0.3 is 15.0 Å². The Labute approximate surface area is 183 Å². The Morgan fingerprint density at radius 1 is 1.19 bits per heavy atom. The van der Waals surface area contributed by atoms with Gasteiger partial charge in [0.2, 0.25) is 5.91 Å². The molecule has 0 bridgehead atoms. The van der Waals surface area contributed by atoms with Crippen molar-refractivity contribution in [3.05, 3.63) is 64.7 Å². The molecule has 2 unspecified atom stereocenters. The van der Waals surface area contributed by atoms with E-state index in [2.05, 4.69) is 70.1 Å². The third kappa shape index (κ3) is 4.23. The summed E-state index contributed by atoms with van der Waals surface area (Å²) in [5.74, 6) is -0.0396. The van der Waals surface area contributed by atoms with Gasteiger partial charge in [0.1, 0.15) is 0 Å². The Morgan fingerprint density at radius 2 is 2.00 bits per heavy atom. The fraction of sp³-hybridized carbons (Fsp3) is 0.440. The summed E-state index contributed by atoms with van der Waals surface area (Å²) < 4.78 is 5.43. The van der Waals surface area contributed by atoms with Crippen LogP contribution in [0, 0.1) is 5.92 Å². The van der Waals surface area contributed by atoms with E-state index < -0.39 is 0 Å². The lowest BCUT2D eigenvalue weighted by molar-refractivity contribution is -0.122. The van der Waals surface area contributed by atoms with Crippen LogP contribution < -0.4 is 15.6 Å². The molecule has 1 amide bonds. The van der Waals surface area contributed by atoms with Crippen LogP contribution >= 0.6 is 0 Å². The van der Waals surface area contributed by atoms with Crippen LogP contribution in [0.3, 0.4) is 0 Å². The van der Waals surface area contributed by atoms with Gasteiger partial charge in [-0.05, 0) is 59.8 Å².